The number of hydrogen-bond acceptors (Lipinski definition) is 3. The third-order valence-electron chi connectivity index (χ3n) is 2.78. The lowest BCUT2D eigenvalue weighted by molar-refractivity contribution is 0.371. The highest BCUT2D eigenvalue weighted by atomic mass is 79.9. The lowest BCUT2D eigenvalue weighted by Gasteiger charge is -2.13. The normalized spacial score (nSPS) is 10.5. The Bertz CT molecular complexity index is 657. The Morgan fingerprint density at radius 2 is 1.76 bits per heavy atom. The maximum atomic E-state index is 9.79. The first-order valence-electron chi connectivity index (χ1n) is 5.86. The number of phenols is 1. The molecule has 0 saturated heterocycles. The largest absolute Gasteiger partial charge is 0.503 e. The smallest absolute Gasteiger partial charge is 0.172 e. The fraction of sp³-hybridized carbons (Fsp3) is 0.143. The summed E-state index contributed by atoms with van der Waals surface area (Å²) in [7, 11) is 1.50. The van der Waals surface area contributed by atoms with Gasteiger partial charge in [-0.15, -0.1) is 0 Å². The van der Waals surface area contributed by atoms with E-state index in [1.54, 1.807) is 24.3 Å². The summed E-state index contributed by atoms with van der Waals surface area (Å²) in [5.41, 5.74) is 1.57. The van der Waals surface area contributed by atoms with E-state index in [1.807, 2.05) is 0 Å². The predicted molar refractivity (Wildman–Crippen MR) is 93.8 cm³/mol. The zero-order valence-corrected chi connectivity index (χ0v) is 15.6. The second-order valence-electron chi connectivity index (χ2n) is 4.23. The van der Waals surface area contributed by atoms with Gasteiger partial charge in [-0.1, -0.05) is 39.1 Å². The highest BCUT2D eigenvalue weighted by Crippen LogP contribution is 2.37. The first-order chi connectivity index (χ1) is 9.92. The summed E-state index contributed by atoms with van der Waals surface area (Å²) in [6, 6.07) is 7.07. The molecule has 2 aromatic carbocycles. The molecule has 0 aromatic heterocycles. The molecular formula is C14H11Br2Cl2NO2. The Morgan fingerprint density at radius 3 is 2.33 bits per heavy atom. The molecule has 0 radical (unpaired) electrons. The van der Waals surface area contributed by atoms with Gasteiger partial charge in [0.25, 0.3) is 0 Å². The van der Waals surface area contributed by atoms with E-state index in [-0.39, 0.29) is 5.75 Å². The summed E-state index contributed by atoms with van der Waals surface area (Å²) in [5, 5.41) is 14.0. The van der Waals surface area contributed by atoms with Crippen LogP contribution in [0.5, 0.6) is 11.5 Å². The molecule has 0 atom stereocenters. The number of benzene rings is 2. The fourth-order valence-electron chi connectivity index (χ4n) is 1.79. The van der Waals surface area contributed by atoms with Crippen molar-refractivity contribution in [1.29, 1.82) is 0 Å². The molecule has 0 spiro atoms. The first kappa shape index (κ1) is 16.7. The van der Waals surface area contributed by atoms with Crippen LogP contribution in [-0.2, 0) is 6.54 Å². The van der Waals surface area contributed by atoms with E-state index in [1.165, 1.54) is 7.11 Å². The number of hydrogen-bond donors (Lipinski definition) is 2. The van der Waals surface area contributed by atoms with E-state index in [0.717, 1.165) is 10.0 Å². The van der Waals surface area contributed by atoms with Gasteiger partial charge >= 0.3 is 0 Å². The first-order valence-corrected chi connectivity index (χ1v) is 8.20. The average molecular weight is 456 g/mol. The van der Waals surface area contributed by atoms with Crippen molar-refractivity contribution in [3.63, 3.8) is 0 Å². The minimum absolute atomic E-state index is 0.0703. The summed E-state index contributed by atoms with van der Waals surface area (Å²) < 4.78 is 6.49. The molecular weight excluding hydrogens is 445 g/mol. The molecule has 0 unspecified atom stereocenters. The molecule has 112 valence electrons. The van der Waals surface area contributed by atoms with E-state index in [9.17, 15) is 5.11 Å². The Balaban J connectivity index is 2.23. The van der Waals surface area contributed by atoms with Gasteiger partial charge in [-0.3, -0.25) is 0 Å². The molecule has 0 fully saturated rings. The second kappa shape index (κ2) is 7.09. The molecule has 0 aliphatic rings. The highest BCUT2D eigenvalue weighted by molar-refractivity contribution is 9.10. The van der Waals surface area contributed by atoms with Crippen molar-refractivity contribution >= 4 is 60.7 Å². The molecule has 0 saturated carbocycles. The minimum atomic E-state index is 0.0703. The van der Waals surface area contributed by atoms with E-state index in [2.05, 4.69) is 37.2 Å². The van der Waals surface area contributed by atoms with Crippen LogP contribution in [0.4, 0.5) is 5.69 Å². The van der Waals surface area contributed by atoms with Crippen LogP contribution in [0.3, 0.4) is 0 Å². The van der Waals surface area contributed by atoms with Gasteiger partial charge in [-0.25, -0.2) is 0 Å². The highest BCUT2D eigenvalue weighted by Gasteiger charge is 2.11. The Kier molecular flexibility index (Phi) is 5.66. The van der Waals surface area contributed by atoms with Crippen LogP contribution in [-0.4, -0.2) is 12.2 Å². The van der Waals surface area contributed by atoms with Gasteiger partial charge in [0.1, 0.15) is 0 Å². The van der Waals surface area contributed by atoms with Gasteiger partial charge in [0.05, 0.1) is 27.3 Å². The number of ether oxygens (including phenoxy) is 1. The van der Waals surface area contributed by atoms with E-state index >= 15 is 0 Å². The number of aromatic hydroxyl groups is 1. The maximum Gasteiger partial charge on any atom is 0.172 e. The van der Waals surface area contributed by atoms with Gasteiger partial charge < -0.3 is 15.2 Å². The maximum absolute atomic E-state index is 9.79. The summed E-state index contributed by atoms with van der Waals surface area (Å²) in [6.45, 7) is 0.482. The van der Waals surface area contributed by atoms with Gasteiger partial charge in [0.2, 0.25) is 0 Å². The summed E-state index contributed by atoms with van der Waals surface area (Å²) >= 11 is 18.9. The lowest BCUT2D eigenvalue weighted by atomic mass is 10.2. The molecule has 2 aromatic rings. The predicted octanol–water partition coefficient (Wildman–Crippen LogP) is 5.84. The number of rotatable bonds is 4. The quantitative estimate of drug-likeness (QED) is 0.608. The molecule has 7 heteroatoms. The van der Waals surface area contributed by atoms with Crippen molar-refractivity contribution in [2.75, 3.05) is 12.4 Å². The number of anilines is 1. The van der Waals surface area contributed by atoms with E-state index < -0.39 is 0 Å². The lowest BCUT2D eigenvalue weighted by Crippen LogP contribution is -2.01. The molecule has 0 aliphatic heterocycles. The summed E-state index contributed by atoms with van der Waals surface area (Å²) in [5.74, 6) is 0.468. The summed E-state index contributed by atoms with van der Waals surface area (Å²) in [4.78, 5) is 0. The topological polar surface area (TPSA) is 41.5 Å². The number of nitrogens with one attached hydrogen (secondary N) is 1. The van der Waals surface area contributed by atoms with Gasteiger partial charge in [0, 0.05) is 11.0 Å². The van der Waals surface area contributed by atoms with Crippen LogP contribution in [0.15, 0.2) is 33.2 Å². The van der Waals surface area contributed by atoms with Crippen molar-refractivity contribution in [2.24, 2.45) is 0 Å². The van der Waals surface area contributed by atoms with Gasteiger partial charge in [-0.2, -0.15) is 0 Å². The molecule has 0 amide bonds. The van der Waals surface area contributed by atoms with Crippen molar-refractivity contribution in [3.05, 3.63) is 48.8 Å². The zero-order chi connectivity index (χ0) is 15.6. The molecule has 0 heterocycles. The van der Waals surface area contributed by atoms with Crippen LogP contribution in [0.25, 0.3) is 0 Å². The number of methoxy groups -OCH3 is 1. The van der Waals surface area contributed by atoms with Crippen LogP contribution in [0.2, 0.25) is 10.0 Å². The minimum Gasteiger partial charge on any atom is -0.503 e. The molecule has 3 nitrogen and oxygen atoms in total. The molecule has 21 heavy (non-hydrogen) atoms. The average Bonchev–Trinajstić information content (AvgIpc) is 2.41. The van der Waals surface area contributed by atoms with Gasteiger partial charge in [0.15, 0.2) is 11.5 Å². The van der Waals surface area contributed by atoms with Crippen molar-refractivity contribution in [3.8, 4) is 11.5 Å². The zero-order valence-electron chi connectivity index (χ0n) is 10.9. The number of halogens is 4. The molecule has 0 bridgehead atoms. The van der Waals surface area contributed by atoms with Crippen LogP contribution >= 0.6 is 55.1 Å². The Hall–Kier alpha value is -0.620. The van der Waals surface area contributed by atoms with Gasteiger partial charge in [-0.05, 0) is 45.8 Å². The molecule has 0 aliphatic carbocycles. The van der Waals surface area contributed by atoms with Crippen molar-refractivity contribution in [1.82, 2.24) is 0 Å². The van der Waals surface area contributed by atoms with E-state index in [4.69, 9.17) is 27.9 Å². The molecule has 2 rings (SSSR count). The fourth-order valence-corrected chi connectivity index (χ4v) is 3.62. The monoisotopic (exact) mass is 453 g/mol. The third kappa shape index (κ3) is 3.97. The van der Waals surface area contributed by atoms with Crippen LogP contribution in [0, 0.1) is 0 Å². The second-order valence-corrected chi connectivity index (χ2v) is 6.81. The van der Waals surface area contributed by atoms with Crippen LogP contribution < -0.4 is 10.1 Å². The summed E-state index contributed by atoms with van der Waals surface area (Å²) in [6.07, 6.45) is 0. The van der Waals surface area contributed by atoms with Crippen LogP contribution in [0.1, 0.15) is 5.56 Å². The Labute approximate surface area is 149 Å². The Morgan fingerprint density at radius 1 is 1.14 bits per heavy atom. The molecule has 2 N–H and O–H groups in total. The van der Waals surface area contributed by atoms with Crippen molar-refractivity contribution < 1.29 is 9.84 Å². The SMILES string of the molecule is COc1cc(CNc2c(Cl)cc(Br)cc2Cl)cc(Br)c1O. The third-order valence-corrected chi connectivity index (χ3v) is 4.44. The number of phenolic OH excluding ortho intramolecular Hbond substituents is 1. The van der Waals surface area contributed by atoms with E-state index in [0.29, 0.717) is 32.5 Å². The van der Waals surface area contributed by atoms with Crippen molar-refractivity contribution in [2.45, 2.75) is 6.54 Å². The standard InChI is InChI=1S/C14H11Br2Cl2NO2/c1-21-12-3-7(2-9(16)14(12)20)6-19-13-10(17)4-8(15)5-11(13)18/h2-5,19-20H,6H2,1H3.